The molecule has 1 heterocycles. The fraction of sp³-hybridized carbons (Fsp3) is 0.154. The highest BCUT2D eigenvalue weighted by Crippen LogP contribution is 2.25. The van der Waals surface area contributed by atoms with Crippen LogP contribution in [-0.4, -0.2) is 10.8 Å². The number of amides is 1. The van der Waals surface area contributed by atoms with Crippen molar-refractivity contribution in [3.63, 3.8) is 0 Å². The summed E-state index contributed by atoms with van der Waals surface area (Å²) in [6.07, 6.45) is 0. The standard InChI is InChI=1S/C13H13N3O4S/c1-8-6-10(2-3-11(8)16(18)19)20-7-9-4-5-21-12(9)13(17)15-14/h2-6H,7,14H2,1H3,(H,15,17). The van der Waals surface area contributed by atoms with Crippen LogP contribution >= 0.6 is 11.3 Å². The predicted molar refractivity (Wildman–Crippen MR) is 78.1 cm³/mol. The molecule has 0 spiro atoms. The molecule has 21 heavy (non-hydrogen) atoms. The molecule has 0 saturated carbocycles. The number of carbonyl (C=O) groups excluding carboxylic acids is 1. The van der Waals surface area contributed by atoms with Crippen molar-refractivity contribution in [2.75, 3.05) is 0 Å². The van der Waals surface area contributed by atoms with Crippen molar-refractivity contribution >= 4 is 22.9 Å². The van der Waals surface area contributed by atoms with E-state index in [1.54, 1.807) is 24.4 Å². The number of nitrogens with zero attached hydrogens (tertiary/aromatic N) is 1. The molecule has 1 aromatic heterocycles. The molecule has 2 rings (SSSR count). The van der Waals surface area contributed by atoms with Crippen molar-refractivity contribution in [2.24, 2.45) is 5.84 Å². The highest BCUT2D eigenvalue weighted by Gasteiger charge is 2.14. The van der Waals surface area contributed by atoms with Crippen LogP contribution in [0, 0.1) is 17.0 Å². The van der Waals surface area contributed by atoms with Crippen LogP contribution < -0.4 is 16.0 Å². The summed E-state index contributed by atoms with van der Waals surface area (Å²) in [6.45, 7) is 1.83. The Morgan fingerprint density at radius 2 is 2.24 bits per heavy atom. The van der Waals surface area contributed by atoms with Crippen molar-refractivity contribution in [2.45, 2.75) is 13.5 Å². The molecule has 110 valence electrons. The molecule has 0 saturated heterocycles. The fourth-order valence-corrected chi connectivity index (χ4v) is 2.61. The molecule has 1 aromatic carbocycles. The van der Waals surface area contributed by atoms with Crippen LogP contribution in [0.25, 0.3) is 0 Å². The lowest BCUT2D eigenvalue weighted by Gasteiger charge is -2.07. The number of hydrogen-bond acceptors (Lipinski definition) is 6. The topological polar surface area (TPSA) is 107 Å². The van der Waals surface area contributed by atoms with Gasteiger partial charge in [0.05, 0.1) is 9.80 Å². The van der Waals surface area contributed by atoms with Crippen molar-refractivity contribution < 1.29 is 14.5 Å². The van der Waals surface area contributed by atoms with Gasteiger partial charge in [0, 0.05) is 17.2 Å². The second-order valence-corrected chi connectivity index (χ2v) is 5.16. The maximum absolute atomic E-state index is 11.5. The van der Waals surface area contributed by atoms with Crippen molar-refractivity contribution in [3.8, 4) is 5.75 Å². The number of hydrogen-bond donors (Lipinski definition) is 2. The van der Waals surface area contributed by atoms with Gasteiger partial charge in [-0.05, 0) is 30.5 Å². The molecule has 8 heteroatoms. The van der Waals surface area contributed by atoms with Gasteiger partial charge in [-0.25, -0.2) is 5.84 Å². The van der Waals surface area contributed by atoms with Crippen LogP contribution in [0.2, 0.25) is 0 Å². The first kappa shape index (κ1) is 14.9. The lowest BCUT2D eigenvalue weighted by molar-refractivity contribution is -0.385. The number of aryl methyl sites for hydroxylation is 1. The summed E-state index contributed by atoms with van der Waals surface area (Å²) >= 11 is 1.27. The minimum atomic E-state index is -0.443. The van der Waals surface area contributed by atoms with E-state index in [1.165, 1.54) is 23.5 Å². The molecule has 3 N–H and O–H groups in total. The number of carbonyl (C=O) groups is 1. The number of nitrogen functional groups attached to an aromatic ring is 1. The number of nitrogens with one attached hydrogen (secondary N) is 1. The number of benzene rings is 1. The van der Waals surface area contributed by atoms with Crippen molar-refractivity contribution in [1.29, 1.82) is 0 Å². The van der Waals surface area contributed by atoms with Gasteiger partial charge in [-0.3, -0.25) is 20.3 Å². The third-order valence-electron chi connectivity index (χ3n) is 2.84. The van der Waals surface area contributed by atoms with Crippen LogP contribution in [0.5, 0.6) is 5.75 Å². The Balaban J connectivity index is 2.10. The fourth-order valence-electron chi connectivity index (χ4n) is 1.80. The van der Waals surface area contributed by atoms with Gasteiger partial charge < -0.3 is 4.74 Å². The molecule has 1 amide bonds. The maximum Gasteiger partial charge on any atom is 0.275 e. The van der Waals surface area contributed by atoms with E-state index < -0.39 is 4.92 Å². The van der Waals surface area contributed by atoms with E-state index in [-0.39, 0.29) is 18.2 Å². The van der Waals surface area contributed by atoms with Gasteiger partial charge in [0.25, 0.3) is 11.6 Å². The summed E-state index contributed by atoms with van der Waals surface area (Å²) in [4.78, 5) is 22.3. The van der Waals surface area contributed by atoms with Crippen LogP contribution in [0.1, 0.15) is 20.8 Å². The Kier molecular flexibility index (Phi) is 4.51. The van der Waals surface area contributed by atoms with Crippen LogP contribution in [0.3, 0.4) is 0 Å². The first-order valence-corrected chi connectivity index (χ1v) is 6.86. The van der Waals surface area contributed by atoms with E-state index in [4.69, 9.17) is 10.6 Å². The van der Waals surface area contributed by atoms with E-state index in [0.29, 0.717) is 21.8 Å². The molecule has 0 aliphatic carbocycles. The molecule has 0 unspecified atom stereocenters. The molecule has 0 aliphatic heterocycles. The van der Waals surface area contributed by atoms with E-state index in [1.807, 2.05) is 0 Å². The molecule has 0 atom stereocenters. The smallest absolute Gasteiger partial charge is 0.275 e. The summed E-state index contributed by atoms with van der Waals surface area (Å²) in [5.74, 6) is 5.24. The number of nitro groups is 1. The van der Waals surface area contributed by atoms with Gasteiger partial charge >= 0.3 is 0 Å². The highest BCUT2D eigenvalue weighted by molar-refractivity contribution is 7.12. The zero-order valence-electron chi connectivity index (χ0n) is 11.2. The number of hydrazine groups is 1. The molecular formula is C13H13N3O4S. The van der Waals surface area contributed by atoms with Gasteiger partial charge in [-0.15, -0.1) is 11.3 Å². The Morgan fingerprint density at radius 1 is 1.48 bits per heavy atom. The second-order valence-electron chi connectivity index (χ2n) is 4.24. The molecule has 7 nitrogen and oxygen atoms in total. The maximum atomic E-state index is 11.5. The second kappa shape index (κ2) is 6.33. The zero-order chi connectivity index (χ0) is 15.4. The summed E-state index contributed by atoms with van der Waals surface area (Å²) in [5.41, 5.74) is 3.34. The third-order valence-corrected chi connectivity index (χ3v) is 3.80. The van der Waals surface area contributed by atoms with Crippen LogP contribution in [0.4, 0.5) is 5.69 Å². The zero-order valence-corrected chi connectivity index (χ0v) is 12.0. The van der Waals surface area contributed by atoms with Crippen molar-refractivity contribution in [1.82, 2.24) is 5.43 Å². The number of rotatable bonds is 5. The van der Waals surface area contributed by atoms with Crippen LogP contribution in [0.15, 0.2) is 29.6 Å². The van der Waals surface area contributed by atoms with E-state index in [2.05, 4.69) is 5.43 Å². The lowest BCUT2D eigenvalue weighted by Crippen LogP contribution is -2.30. The Bertz CT molecular complexity index is 684. The average molecular weight is 307 g/mol. The Labute approximate surface area is 124 Å². The highest BCUT2D eigenvalue weighted by atomic mass is 32.1. The Hall–Kier alpha value is -2.45. The van der Waals surface area contributed by atoms with Gasteiger partial charge in [0.2, 0.25) is 0 Å². The monoisotopic (exact) mass is 307 g/mol. The SMILES string of the molecule is Cc1cc(OCc2ccsc2C(=O)NN)ccc1[N+](=O)[O-]. The molecule has 0 fully saturated rings. The van der Waals surface area contributed by atoms with Crippen molar-refractivity contribution in [3.05, 3.63) is 55.8 Å². The number of nitro benzene ring substituents is 1. The van der Waals surface area contributed by atoms with Crippen LogP contribution in [-0.2, 0) is 6.61 Å². The Morgan fingerprint density at radius 3 is 2.86 bits per heavy atom. The average Bonchev–Trinajstić information content (AvgIpc) is 2.92. The summed E-state index contributed by atoms with van der Waals surface area (Å²) in [7, 11) is 0. The number of thiophene rings is 1. The molecule has 2 aromatic rings. The third kappa shape index (κ3) is 3.36. The number of ether oxygens (including phenoxy) is 1. The van der Waals surface area contributed by atoms with E-state index in [9.17, 15) is 14.9 Å². The summed E-state index contributed by atoms with van der Waals surface area (Å²) in [5, 5.41) is 12.5. The minimum Gasteiger partial charge on any atom is -0.489 e. The normalized spacial score (nSPS) is 10.2. The first-order chi connectivity index (χ1) is 10.0. The quantitative estimate of drug-likeness (QED) is 0.381. The molecular weight excluding hydrogens is 294 g/mol. The minimum absolute atomic E-state index is 0.0427. The lowest BCUT2D eigenvalue weighted by atomic mass is 10.2. The largest absolute Gasteiger partial charge is 0.489 e. The number of nitrogens with two attached hydrogens (primary N) is 1. The summed E-state index contributed by atoms with van der Waals surface area (Å²) < 4.78 is 5.56. The first-order valence-electron chi connectivity index (χ1n) is 5.98. The van der Waals surface area contributed by atoms with Gasteiger partial charge in [-0.2, -0.15) is 0 Å². The van der Waals surface area contributed by atoms with E-state index in [0.717, 1.165) is 0 Å². The molecule has 0 radical (unpaired) electrons. The van der Waals surface area contributed by atoms with E-state index >= 15 is 0 Å². The molecule has 0 bridgehead atoms. The van der Waals surface area contributed by atoms with Gasteiger partial charge in [0.15, 0.2) is 0 Å². The van der Waals surface area contributed by atoms with Gasteiger partial charge in [0.1, 0.15) is 12.4 Å². The summed E-state index contributed by atoms with van der Waals surface area (Å²) in [6, 6.07) is 6.28. The predicted octanol–water partition coefficient (Wildman–Crippen LogP) is 2.15. The van der Waals surface area contributed by atoms with Gasteiger partial charge in [-0.1, -0.05) is 0 Å². The molecule has 0 aliphatic rings.